The third-order valence-corrected chi connectivity index (χ3v) is 6.24. The molecular weight excluding hydrogens is 438 g/mol. The fourth-order valence-electron chi connectivity index (χ4n) is 3.78. The molecule has 0 saturated carbocycles. The molecule has 0 aliphatic carbocycles. The smallest absolute Gasteiger partial charge is 0.255 e. The molecule has 1 aliphatic rings. The number of methoxy groups -OCH3 is 1. The molecule has 0 atom stereocenters. The quantitative estimate of drug-likeness (QED) is 0.586. The zero-order valence-corrected chi connectivity index (χ0v) is 19.4. The molecule has 4 rings (SSSR count). The number of nitrogens with zero attached hydrogens (tertiary/aromatic N) is 2. The van der Waals surface area contributed by atoms with Crippen molar-refractivity contribution >= 4 is 34.8 Å². The molecular formula is C26H26ClN3O3. The van der Waals surface area contributed by atoms with Gasteiger partial charge in [-0.25, -0.2) is 0 Å². The van der Waals surface area contributed by atoms with Crippen molar-refractivity contribution < 1.29 is 14.3 Å². The molecule has 0 bridgehead atoms. The molecule has 0 aromatic heterocycles. The Balaban J connectivity index is 1.32. The summed E-state index contributed by atoms with van der Waals surface area (Å²) in [5, 5.41) is 3.48. The standard InChI is InChI=1S/C26H26ClN3O3/c1-18-3-4-20(17-24(18)27)25(31)28-21-7-9-22(10-8-21)29-13-15-30(16-14-29)26(32)19-5-11-23(33-2)12-6-19/h3-12,17H,13-16H2,1-2H3,(H,28,31). The predicted molar refractivity (Wildman–Crippen MR) is 132 cm³/mol. The Morgan fingerprint density at radius 2 is 1.52 bits per heavy atom. The second kappa shape index (κ2) is 9.96. The van der Waals surface area contributed by atoms with Gasteiger partial charge in [-0.2, -0.15) is 0 Å². The maximum absolute atomic E-state index is 12.8. The fourth-order valence-corrected chi connectivity index (χ4v) is 3.96. The van der Waals surface area contributed by atoms with Crippen LogP contribution < -0.4 is 15.0 Å². The number of amides is 2. The SMILES string of the molecule is COc1ccc(C(=O)N2CCN(c3ccc(NC(=O)c4ccc(C)c(Cl)c4)cc3)CC2)cc1. The molecule has 170 valence electrons. The summed E-state index contributed by atoms with van der Waals surface area (Å²) in [6.45, 7) is 4.69. The van der Waals surface area contributed by atoms with Crippen LogP contribution in [0.2, 0.25) is 5.02 Å². The van der Waals surface area contributed by atoms with E-state index in [1.807, 2.05) is 42.2 Å². The maximum Gasteiger partial charge on any atom is 0.255 e. The van der Waals surface area contributed by atoms with Crippen LogP contribution in [-0.2, 0) is 0 Å². The number of hydrogen-bond acceptors (Lipinski definition) is 4. The Morgan fingerprint density at radius 3 is 2.12 bits per heavy atom. The molecule has 2 amide bonds. The van der Waals surface area contributed by atoms with Crippen molar-refractivity contribution in [3.8, 4) is 5.75 Å². The van der Waals surface area contributed by atoms with Crippen LogP contribution in [0, 0.1) is 6.92 Å². The number of rotatable bonds is 5. The summed E-state index contributed by atoms with van der Waals surface area (Å²) in [4.78, 5) is 29.4. The average Bonchev–Trinajstić information content (AvgIpc) is 2.86. The van der Waals surface area contributed by atoms with E-state index in [1.165, 1.54) is 0 Å². The molecule has 7 heteroatoms. The van der Waals surface area contributed by atoms with Crippen LogP contribution in [0.15, 0.2) is 66.7 Å². The lowest BCUT2D eigenvalue weighted by Crippen LogP contribution is -2.48. The molecule has 1 N–H and O–H groups in total. The molecule has 0 unspecified atom stereocenters. The zero-order valence-electron chi connectivity index (χ0n) is 18.7. The van der Waals surface area contributed by atoms with Crippen molar-refractivity contribution in [3.63, 3.8) is 0 Å². The third-order valence-electron chi connectivity index (χ3n) is 5.83. The van der Waals surface area contributed by atoms with E-state index in [0.717, 1.165) is 30.1 Å². The summed E-state index contributed by atoms with van der Waals surface area (Å²) >= 11 is 6.13. The number of aryl methyl sites for hydroxylation is 1. The largest absolute Gasteiger partial charge is 0.497 e. The second-order valence-corrected chi connectivity index (χ2v) is 8.38. The van der Waals surface area contributed by atoms with Crippen molar-refractivity contribution in [1.82, 2.24) is 4.90 Å². The molecule has 0 radical (unpaired) electrons. The van der Waals surface area contributed by atoms with E-state index < -0.39 is 0 Å². The Morgan fingerprint density at radius 1 is 0.879 bits per heavy atom. The van der Waals surface area contributed by atoms with Crippen molar-refractivity contribution in [3.05, 3.63) is 88.4 Å². The highest BCUT2D eigenvalue weighted by atomic mass is 35.5. The average molecular weight is 464 g/mol. The van der Waals surface area contributed by atoms with Crippen LogP contribution >= 0.6 is 11.6 Å². The van der Waals surface area contributed by atoms with Crippen molar-refractivity contribution in [1.29, 1.82) is 0 Å². The van der Waals surface area contributed by atoms with Gasteiger partial charge in [0.2, 0.25) is 0 Å². The molecule has 0 spiro atoms. The van der Waals surface area contributed by atoms with Crippen LogP contribution in [0.4, 0.5) is 11.4 Å². The van der Waals surface area contributed by atoms with Gasteiger partial charge in [-0.05, 0) is 73.2 Å². The number of ether oxygens (including phenoxy) is 1. The van der Waals surface area contributed by atoms with Gasteiger partial charge in [-0.15, -0.1) is 0 Å². The number of carbonyl (C=O) groups excluding carboxylic acids is 2. The summed E-state index contributed by atoms with van der Waals surface area (Å²) in [5.41, 5.74) is 3.89. The number of nitrogens with one attached hydrogen (secondary N) is 1. The maximum atomic E-state index is 12.8. The minimum Gasteiger partial charge on any atom is -0.497 e. The number of carbonyl (C=O) groups is 2. The lowest BCUT2D eigenvalue weighted by Gasteiger charge is -2.36. The van der Waals surface area contributed by atoms with Crippen molar-refractivity contribution in [2.75, 3.05) is 43.5 Å². The molecule has 33 heavy (non-hydrogen) atoms. The van der Waals surface area contributed by atoms with Crippen LogP contribution in [0.25, 0.3) is 0 Å². The van der Waals surface area contributed by atoms with Crippen molar-refractivity contribution in [2.45, 2.75) is 6.92 Å². The lowest BCUT2D eigenvalue weighted by atomic mass is 10.1. The first-order valence-electron chi connectivity index (χ1n) is 10.8. The Kier molecular flexibility index (Phi) is 6.84. The highest BCUT2D eigenvalue weighted by Crippen LogP contribution is 2.22. The highest BCUT2D eigenvalue weighted by Gasteiger charge is 2.22. The van der Waals surface area contributed by atoms with Gasteiger partial charge in [0.05, 0.1) is 7.11 Å². The van der Waals surface area contributed by atoms with Gasteiger partial charge in [0, 0.05) is 53.7 Å². The molecule has 1 saturated heterocycles. The lowest BCUT2D eigenvalue weighted by molar-refractivity contribution is 0.0746. The first-order chi connectivity index (χ1) is 15.9. The van der Waals surface area contributed by atoms with Gasteiger partial charge in [-0.1, -0.05) is 17.7 Å². The monoisotopic (exact) mass is 463 g/mol. The zero-order chi connectivity index (χ0) is 23.4. The number of halogens is 1. The summed E-state index contributed by atoms with van der Waals surface area (Å²) in [6, 6.07) is 20.2. The van der Waals surface area contributed by atoms with Crippen LogP contribution in [-0.4, -0.2) is 50.0 Å². The molecule has 3 aromatic carbocycles. The number of piperazine rings is 1. The van der Waals surface area contributed by atoms with E-state index >= 15 is 0 Å². The van der Waals surface area contributed by atoms with E-state index in [4.69, 9.17) is 16.3 Å². The highest BCUT2D eigenvalue weighted by molar-refractivity contribution is 6.31. The Bertz CT molecular complexity index is 1140. The van der Waals surface area contributed by atoms with Crippen molar-refractivity contribution in [2.24, 2.45) is 0 Å². The fraction of sp³-hybridized carbons (Fsp3) is 0.231. The minimum absolute atomic E-state index is 0.0339. The predicted octanol–water partition coefficient (Wildman–Crippen LogP) is 4.87. The normalized spacial score (nSPS) is 13.5. The van der Waals surface area contributed by atoms with Gasteiger partial charge >= 0.3 is 0 Å². The molecule has 1 heterocycles. The van der Waals surface area contributed by atoms with E-state index in [-0.39, 0.29) is 11.8 Å². The minimum atomic E-state index is -0.199. The van der Waals surface area contributed by atoms with Gasteiger partial charge < -0.3 is 19.9 Å². The second-order valence-electron chi connectivity index (χ2n) is 7.97. The van der Waals surface area contributed by atoms with E-state index in [0.29, 0.717) is 34.9 Å². The molecule has 1 aliphatic heterocycles. The summed E-state index contributed by atoms with van der Waals surface area (Å²) < 4.78 is 5.16. The first kappa shape index (κ1) is 22.7. The third kappa shape index (κ3) is 5.29. The van der Waals surface area contributed by atoms with Gasteiger partial charge in [0.15, 0.2) is 0 Å². The summed E-state index contributed by atoms with van der Waals surface area (Å²) in [5.74, 6) is 0.570. The van der Waals surface area contributed by atoms with Gasteiger partial charge in [0.1, 0.15) is 5.75 Å². The van der Waals surface area contributed by atoms with Gasteiger partial charge in [-0.3, -0.25) is 9.59 Å². The summed E-state index contributed by atoms with van der Waals surface area (Å²) in [6.07, 6.45) is 0. The van der Waals surface area contributed by atoms with E-state index in [2.05, 4.69) is 10.2 Å². The first-order valence-corrected chi connectivity index (χ1v) is 11.2. The molecule has 1 fully saturated rings. The Hall–Kier alpha value is -3.51. The Labute approximate surface area is 198 Å². The molecule has 3 aromatic rings. The number of benzene rings is 3. The molecule has 6 nitrogen and oxygen atoms in total. The number of anilines is 2. The van der Waals surface area contributed by atoms with E-state index in [1.54, 1.807) is 43.5 Å². The van der Waals surface area contributed by atoms with Crippen LogP contribution in [0.3, 0.4) is 0 Å². The van der Waals surface area contributed by atoms with Crippen LogP contribution in [0.1, 0.15) is 26.3 Å². The number of hydrogen-bond donors (Lipinski definition) is 1. The topological polar surface area (TPSA) is 61.9 Å². The van der Waals surface area contributed by atoms with Crippen LogP contribution in [0.5, 0.6) is 5.75 Å². The van der Waals surface area contributed by atoms with E-state index in [9.17, 15) is 9.59 Å². The van der Waals surface area contributed by atoms with Gasteiger partial charge in [0.25, 0.3) is 11.8 Å². The summed E-state index contributed by atoms with van der Waals surface area (Å²) in [7, 11) is 1.61.